The van der Waals surface area contributed by atoms with Crippen LogP contribution in [0.1, 0.15) is 65.7 Å². The molecule has 1 spiro atoms. The number of rotatable bonds is 5. The summed E-state index contributed by atoms with van der Waals surface area (Å²) in [6, 6.07) is -0.317. The Hall–Kier alpha value is -1.06. The van der Waals surface area contributed by atoms with E-state index in [1.807, 2.05) is 11.8 Å². The van der Waals surface area contributed by atoms with Crippen molar-refractivity contribution in [2.75, 3.05) is 6.54 Å². The number of hydrogen-bond acceptors (Lipinski definition) is 2. The number of piperazine rings is 1. The van der Waals surface area contributed by atoms with Gasteiger partial charge in [0.15, 0.2) is 0 Å². The lowest BCUT2D eigenvalue weighted by molar-refractivity contribution is -0.158. The highest BCUT2D eigenvalue weighted by molar-refractivity contribution is 6.00. The minimum absolute atomic E-state index is 0.0902. The van der Waals surface area contributed by atoms with Crippen molar-refractivity contribution < 1.29 is 9.59 Å². The SMILES string of the molecule is CCC(CC)CN1C(=O)C(CC)NC(=O)C12CCCC2. The molecule has 1 atom stereocenters. The van der Waals surface area contributed by atoms with E-state index in [-0.39, 0.29) is 17.9 Å². The van der Waals surface area contributed by atoms with Gasteiger partial charge in [0.2, 0.25) is 11.8 Å². The smallest absolute Gasteiger partial charge is 0.246 e. The van der Waals surface area contributed by atoms with E-state index >= 15 is 0 Å². The molecule has 1 aliphatic carbocycles. The summed E-state index contributed by atoms with van der Waals surface area (Å²) in [6.45, 7) is 7.04. The Bertz CT molecular complexity index is 371. The zero-order valence-corrected chi connectivity index (χ0v) is 13.1. The summed E-state index contributed by atoms with van der Waals surface area (Å²) in [5.41, 5.74) is -0.536. The summed E-state index contributed by atoms with van der Waals surface area (Å²) in [4.78, 5) is 27.3. The molecule has 114 valence electrons. The monoisotopic (exact) mass is 280 g/mol. The average Bonchev–Trinajstić information content (AvgIpc) is 2.94. The van der Waals surface area contributed by atoms with Crippen molar-refractivity contribution in [2.45, 2.75) is 77.3 Å². The van der Waals surface area contributed by atoms with Crippen molar-refractivity contribution in [3.8, 4) is 0 Å². The van der Waals surface area contributed by atoms with Gasteiger partial charge in [-0.2, -0.15) is 0 Å². The molecule has 1 heterocycles. The summed E-state index contributed by atoms with van der Waals surface area (Å²) in [7, 11) is 0. The average molecular weight is 280 g/mol. The predicted molar refractivity (Wildman–Crippen MR) is 79.2 cm³/mol. The Kier molecular flexibility index (Phi) is 4.71. The van der Waals surface area contributed by atoms with Gasteiger partial charge in [-0.15, -0.1) is 0 Å². The molecule has 1 unspecified atom stereocenters. The van der Waals surface area contributed by atoms with Crippen LogP contribution in [0.2, 0.25) is 0 Å². The lowest BCUT2D eigenvalue weighted by atomic mass is 9.87. The van der Waals surface area contributed by atoms with Gasteiger partial charge in [0.05, 0.1) is 0 Å². The first kappa shape index (κ1) is 15.3. The van der Waals surface area contributed by atoms with Gasteiger partial charge in [-0.25, -0.2) is 0 Å². The van der Waals surface area contributed by atoms with Crippen LogP contribution in [0.5, 0.6) is 0 Å². The Morgan fingerprint density at radius 2 is 1.80 bits per heavy atom. The second-order valence-electron chi connectivity index (χ2n) is 6.30. The maximum absolute atomic E-state index is 12.7. The number of nitrogens with zero attached hydrogens (tertiary/aromatic N) is 1. The molecule has 0 aromatic rings. The molecule has 1 aliphatic heterocycles. The Morgan fingerprint density at radius 1 is 1.20 bits per heavy atom. The van der Waals surface area contributed by atoms with Gasteiger partial charge >= 0.3 is 0 Å². The first-order chi connectivity index (χ1) is 9.58. The second kappa shape index (κ2) is 6.15. The number of hydrogen-bond donors (Lipinski definition) is 1. The van der Waals surface area contributed by atoms with Crippen LogP contribution in [-0.2, 0) is 9.59 Å². The van der Waals surface area contributed by atoms with E-state index in [4.69, 9.17) is 0 Å². The standard InChI is InChI=1S/C16H28N2O2/c1-4-12(5-2)11-18-14(19)13(6-3)17-15(20)16(18)9-7-8-10-16/h12-13H,4-11H2,1-3H3,(H,17,20). The van der Waals surface area contributed by atoms with Gasteiger partial charge < -0.3 is 10.2 Å². The van der Waals surface area contributed by atoms with Crippen molar-refractivity contribution in [1.29, 1.82) is 0 Å². The van der Waals surface area contributed by atoms with Gasteiger partial charge in [-0.05, 0) is 25.2 Å². The first-order valence-electron chi connectivity index (χ1n) is 8.21. The van der Waals surface area contributed by atoms with Crippen LogP contribution >= 0.6 is 0 Å². The quantitative estimate of drug-likeness (QED) is 0.841. The maximum atomic E-state index is 12.7. The molecule has 0 aromatic carbocycles. The molecule has 0 radical (unpaired) electrons. The minimum atomic E-state index is -0.536. The summed E-state index contributed by atoms with van der Waals surface area (Å²) in [5, 5.41) is 2.96. The van der Waals surface area contributed by atoms with Crippen LogP contribution in [0.15, 0.2) is 0 Å². The molecule has 20 heavy (non-hydrogen) atoms. The zero-order valence-electron chi connectivity index (χ0n) is 13.1. The van der Waals surface area contributed by atoms with Gasteiger partial charge in [0.1, 0.15) is 11.6 Å². The normalized spacial score (nSPS) is 25.6. The highest BCUT2D eigenvalue weighted by Gasteiger charge is 2.53. The maximum Gasteiger partial charge on any atom is 0.246 e. The van der Waals surface area contributed by atoms with Gasteiger partial charge in [-0.3, -0.25) is 9.59 Å². The number of carbonyl (C=O) groups excluding carboxylic acids is 2. The molecule has 0 bridgehead atoms. The van der Waals surface area contributed by atoms with E-state index in [1.165, 1.54) is 0 Å². The second-order valence-corrected chi connectivity index (χ2v) is 6.30. The summed E-state index contributed by atoms with van der Waals surface area (Å²) in [6.07, 6.45) is 6.58. The van der Waals surface area contributed by atoms with E-state index in [2.05, 4.69) is 19.2 Å². The van der Waals surface area contributed by atoms with Crippen LogP contribution in [0.25, 0.3) is 0 Å². The number of nitrogens with one attached hydrogen (secondary N) is 1. The molecule has 4 heteroatoms. The van der Waals surface area contributed by atoms with Gasteiger partial charge in [0.25, 0.3) is 0 Å². The molecule has 1 saturated carbocycles. The van der Waals surface area contributed by atoms with E-state index in [0.717, 1.165) is 45.1 Å². The highest BCUT2D eigenvalue weighted by Crippen LogP contribution is 2.39. The van der Waals surface area contributed by atoms with Gasteiger partial charge in [-0.1, -0.05) is 46.5 Å². The summed E-state index contributed by atoms with van der Waals surface area (Å²) in [5.74, 6) is 0.730. The van der Waals surface area contributed by atoms with E-state index in [0.29, 0.717) is 12.3 Å². The van der Waals surface area contributed by atoms with Crippen molar-refractivity contribution in [1.82, 2.24) is 10.2 Å². The molecular formula is C16H28N2O2. The summed E-state index contributed by atoms with van der Waals surface area (Å²) >= 11 is 0. The van der Waals surface area contributed by atoms with Crippen molar-refractivity contribution in [2.24, 2.45) is 5.92 Å². The van der Waals surface area contributed by atoms with Gasteiger partial charge in [0, 0.05) is 6.54 Å². The largest absolute Gasteiger partial charge is 0.342 e. The lowest BCUT2D eigenvalue weighted by Gasteiger charge is -2.47. The van der Waals surface area contributed by atoms with E-state index in [9.17, 15) is 9.59 Å². The zero-order chi connectivity index (χ0) is 14.8. The Morgan fingerprint density at radius 3 is 2.30 bits per heavy atom. The molecule has 2 amide bonds. The van der Waals surface area contributed by atoms with Crippen LogP contribution < -0.4 is 5.32 Å². The first-order valence-corrected chi connectivity index (χ1v) is 8.21. The van der Waals surface area contributed by atoms with Crippen LogP contribution in [0.4, 0.5) is 0 Å². The van der Waals surface area contributed by atoms with E-state index in [1.54, 1.807) is 0 Å². The number of carbonyl (C=O) groups is 2. The third-order valence-electron chi connectivity index (χ3n) is 5.24. The third kappa shape index (κ3) is 2.45. The number of amides is 2. The van der Waals surface area contributed by atoms with E-state index < -0.39 is 5.54 Å². The van der Waals surface area contributed by atoms with Crippen molar-refractivity contribution >= 4 is 11.8 Å². The molecule has 4 nitrogen and oxygen atoms in total. The molecule has 2 fully saturated rings. The molecular weight excluding hydrogens is 252 g/mol. The molecule has 0 aromatic heterocycles. The van der Waals surface area contributed by atoms with Crippen LogP contribution in [0, 0.1) is 5.92 Å². The topological polar surface area (TPSA) is 49.4 Å². The fourth-order valence-corrected chi connectivity index (χ4v) is 3.68. The molecule has 1 N–H and O–H groups in total. The minimum Gasteiger partial charge on any atom is -0.342 e. The molecule has 1 saturated heterocycles. The van der Waals surface area contributed by atoms with Crippen LogP contribution in [0.3, 0.4) is 0 Å². The third-order valence-corrected chi connectivity index (χ3v) is 5.24. The molecule has 2 rings (SSSR count). The van der Waals surface area contributed by atoms with Crippen LogP contribution in [-0.4, -0.2) is 34.8 Å². The lowest BCUT2D eigenvalue weighted by Crippen LogP contribution is -2.70. The fourth-order valence-electron chi connectivity index (χ4n) is 3.68. The highest BCUT2D eigenvalue weighted by atomic mass is 16.2. The van der Waals surface area contributed by atoms with Crippen molar-refractivity contribution in [3.63, 3.8) is 0 Å². The Labute approximate surface area is 122 Å². The van der Waals surface area contributed by atoms with Crippen molar-refractivity contribution in [3.05, 3.63) is 0 Å². The Balaban J connectivity index is 2.28. The predicted octanol–water partition coefficient (Wildman–Crippen LogP) is 2.47. The fraction of sp³-hybridized carbons (Fsp3) is 0.875. The molecule has 2 aliphatic rings. The summed E-state index contributed by atoms with van der Waals surface area (Å²) < 4.78 is 0.